The summed E-state index contributed by atoms with van der Waals surface area (Å²) in [4.78, 5) is 53.6. The third-order valence-electron chi connectivity index (χ3n) is 7.40. The molecule has 184 valence electrons. The van der Waals surface area contributed by atoms with Crippen LogP contribution in [0.2, 0.25) is 0 Å². The fourth-order valence-electron chi connectivity index (χ4n) is 6.21. The van der Waals surface area contributed by atoms with Gasteiger partial charge in [0, 0.05) is 31.6 Å². The largest absolute Gasteiger partial charge is 0.350 e. The van der Waals surface area contributed by atoms with Gasteiger partial charge in [0.1, 0.15) is 35.3 Å². The summed E-state index contributed by atoms with van der Waals surface area (Å²) in [6.45, 7) is 11.3. The first-order valence-electron chi connectivity index (χ1n) is 12.0. The summed E-state index contributed by atoms with van der Waals surface area (Å²) in [6.07, 6.45) is -2.28. The fourth-order valence-corrected chi connectivity index (χ4v) is 6.21. The maximum atomic E-state index is 13.4. The zero-order chi connectivity index (χ0) is 24.3. The maximum absolute atomic E-state index is 13.4. The Labute approximate surface area is 195 Å². The highest BCUT2D eigenvalue weighted by molar-refractivity contribution is 6.10. The molecule has 0 aromatic rings. The molecule has 0 bridgehead atoms. The summed E-state index contributed by atoms with van der Waals surface area (Å²) < 4.78 is 23.6. The van der Waals surface area contributed by atoms with Gasteiger partial charge < -0.3 is 18.9 Å². The minimum Gasteiger partial charge on any atom is -0.350 e. The van der Waals surface area contributed by atoms with Crippen LogP contribution in [0.4, 0.5) is 0 Å². The molecule has 2 aliphatic heterocycles. The number of rotatable bonds is 3. The zero-order valence-corrected chi connectivity index (χ0v) is 20.4. The summed E-state index contributed by atoms with van der Waals surface area (Å²) in [5.74, 6) is -3.99. The van der Waals surface area contributed by atoms with Gasteiger partial charge in [-0.25, -0.2) is 0 Å². The molecule has 4 rings (SSSR count). The second kappa shape index (κ2) is 8.63. The normalized spacial score (nSPS) is 38.0. The van der Waals surface area contributed by atoms with Gasteiger partial charge in [-0.15, -0.1) is 0 Å². The zero-order valence-electron chi connectivity index (χ0n) is 20.4. The molecule has 4 aliphatic rings. The van der Waals surface area contributed by atoms with Crippen LogP contribution in [-0.2, 0) is 38.1 Å². The van der Waals surface area contributed by atoms with Crippen LogP contribution >= 0.6 is 0 Å². The van der Waals surface area contributed by atoms with Crippen molar-refractivity contribution in [1.82, 2.24) is 0 Å². The van der Waals surface area contributed by atoms with Gasteiger partial charge in [0.15, 0.2) is 12.6 Å². The van der Waals surface area contributed by atoms with E-state index in [9.17, 15) is 19.2 Å². The lowest BCUT2D eigenvalue weighted by molar-refractivity contribution is -0.359. The van der Waals surface area contributed by atoms with Gasteiger partial charge in [0.2, 0.25) is 0 Å². The van der Waals surface area contributed by atoms with Crippen molar-refractivity contribution in [3.05, 3.63) is 0 Å². The van der Waals surface area contributed by atoms with Crippen molar-refractivity contribution in [3.63, 3.8) is 0 Å². The van der Waals surface area contributed by atoms with E-state index in [0.717, 1.165) is 0 Å². The lowest BCUT2D eigenvalue weighted by Crippen LogP contribution is -2.63. The van der Waals surface area contributed by atoms with E-state index >= 15 is 0 Å². The van der Waals surface area contributed by atoms with Crippen LogP contribution in [0.3, 0.4) is 0 Å². The van der Waals surface area contributed by atoms with Gasteiger partial charge in [-0.2, -0.15) is 0 Å². The van der Waals surface area contributed by atoms with E-state index in [0.29, 0.717) is 0 Å². The minimum atomic E-state index is -1.07. The van der Waals surface area contributed by atoms with E-state index < -0.39 is 59.5 Å². The highest BCUT2D eigenvalue weighted by atomic mass is 16.8. The van der Waals surface area contributed by atoms with E-state index in [1.807, 2.05) is 27.7 Å². The Morgan fingerprint density at radius 2 is 1.15 bits per heavy atom. The van der Waals surface area contributed by atoms with Gasteiger partial charge in [0.25, 0.3) is 0 Å². The minimum absolute atomic E-state index is 0.216. The van der Waals surface area contributed by atoms with Crippen LogP contribution in [0.15, 0.2) is 0 Å². The molecule has 0 radical (unpaired) electrons. The molecule has 0 spiro atoms. The quantitative estimate of drug-likeness (QED) is 0.587. The molecule has 8 heteroatoms. The van der Waals surface area contributed by atoms with Gasteiger partial charge >= 0.3 is 0 Å². The highest BCUT2D eigenvalue weighted by Crippen LogP contribution is 2.47. The third-order valence-corrected chi connectivity index (χ3v) is 7.40. The Hall–Kier alpha value is -1.48. The second-order valence-electron chi connectivity index (χ2n) is 11.8. The van der Waals surface area contributed by atoms with Crippen LogP contribution in [-0.4, -0.2) is 60.6 Å². The lowest BCUT2D eigenvalue weighted by atomic mass is 9.59. The molecule has 8 nitrogen and oxygen atoms in total. The van der Waals surface area contributed by atoms with Gasteiger partial charge in [-0.05, 0) is 24.7 Å². The fraction of sp³-hybridized carbons (Fsp3) is 0.840. The number of fused-ring (bicyclic) bond motifs is 1. The van der Waals surface area contributed by atoms with Crippen LogP contribution in [0.1, 0.15) is 67.2 Å². The van der Waals surface area contributed by atoms with Crippen LogP contribution < -0.4 is 0 Å². The van der Waals surface area contributed by atoms with Crippen molar-refractivity contribution >= 4 is 23.1 Å². The predicted molar refractivity (Wildman–Crippen MR) is 116 cm³/mol. The van der Waals surface area contributed by atoms with E-state index in [1.165, 1.54) is 0 Å². The smallest absolute Gasteiger partial charge is 0.155 e. The topological polar surface area (TPSA) is 105 Å². The number of hydrogen-bond acceptors (Lipinski definition) is 8. The number of ether oxygens (including phenoxy) is 4. The summed E-state index contributed by atoms with van der Waals surface area (Å²) >= 11 is 0. The van der Waals surface area contributed by atoms with Crippen molar-refractivity contribution in [2.45, 2.75) is 98.1 Å². The first-order valence-corrected chi connectivity index (χ1v) is 12.0. The Balaban J connectivity index is 1.77. The third kappa shape index (κ3) is 4.85. The summed E-state index contributed by atoms with van der Waals surface area (Å²) in [5, 5.41) is 0. The molecule has 0 aromatic carbocycles. The summed E-state index contributed by atoms with van der Waals surface area (Å²) in [6, 6.07) is 0. The molecule has 2 aliphatic carbocycles. The molecule has 2 saturated heterocycles. The second-order valence-corrected chi connectivity index (χ2v) is 11.8. The SMILES string of the molecule is C[C@@H]1OC[C@H]2O[C@@H](C)O[C@@H](C(C3C(=O)CC(C)(C)CC3=O)C3C(=O)CC(C)(C)CC3=O)[C@@H]2O1. The molecular formula is C25H36O8. The van der Waals surface area contributed by atoms with Gasteiger partial charge in [0.05, 0.1) is 24.5 Å². The van der Waals surface area contributed by atoms with Gasteiger partial charge in [-0.3, -0.25) is 19.2 Å². The first kappa shape index (κ1) is 24.6. The number of Topliss-reactive ketones (excluding diaryl/α,β-unsaturated/α-hetero) is 4. The van der Waals surface area contributed by atoms with Crippen LogP contribution in [0.5, 0.6) is 0 Å². The average Bonchev–Trinajstić information content (AvgIpc) is 2.63. The average molecular weight is 465 g/mol. The van der Waals surface area contributed by atoms with Crippen molar-refractivity contribution < 1.29 is 38.1 Å². The van der Waals surface area contributed by atoms with Crippen LogP contribution in [0.25, 0.3) is 0 Å². The Morgan fingerprint density at radius 3 is 1.61 bits per heavy atom. The predicted octanol–water partition coefficient (Wildman–Crippen LogP) is 2.64. The number of ketones is 4. The van der Waals surface area contributed by atoms with Crippen molar-refractivity contribution in [3.8, 4) is 0 Å². The van der Waals surface area contributed by atoms with E-state index in [2.05, 4.69) is 0 Å². The molecule has 0 N–H and O–H groups in total. The number of carbonyl (C=O) groups excluding carboxylic acids is 4. The molecular weight excluding hydrogens is 428 g/mol. The molecule has 0 aromatic heterocycles. The Kier molecular flexibility index (Phi) is 6.44. The van der Waals surface area contributed by atoms with E-state index in [4.69, 9.17) is 18.9 Å². The molecule has 2 saturated carbocycles. The lowest BCUT2D eigenvalue weighted by Gasteiger charge is -2.50. The summed E-state index contributed by atoms with van der Waals surface area (Å²) in [5.41, 5.74) is -0.901. The Morgan fingerprint density at radius 1 is 0.697 bits per heavy atom. The standard InChI is InChI=1S/C25H36O8/c1-12-30-11-18-22(32-12)23(33-13(2)31-18)21(19-14(26)7-24(3,4)8-15(19)27)20-16(28)9-25(5,6)10-17(20)29/h12-13,18-23H,7-11H2,1-6H3/t12-,13-,18-,22-,23+/m1/s1. The van der Waals surface area contributed by atoms with E-state index in [1.54, 1.807) is 13.8 Å². The van der Waals surface area contributed by atoms with Crippen molar-refractivity contribution in [2.24, 2.45) is 28.6 Å². The molecule has 0 unspecified atom stereocenters. The summed E-state index contributed by atoms with van der Waals surface area (Å²) in [7, 11) is 0. The highest BCUT2D eigenvalue weighted by Gasteiger charge is 2.58. The van der Waals surface area contributed by atoms with Gasteiger partial charge in [-0.1, -0.05) is 27.7 Å². The van der Waals surface area contributed by atoms with E-state index in [-0.39, 0.29) is 55.4 Å². The number of carbonyl (C=O) groups is 4. The number of hydrogen-bond donors (Lipinski definition) is 0. The Bertz CT molecular complexity index is 757. The van der Waals surface area contributed by atoms with Crippen molar-refractivity contribution in [1.29, 1.82) is 0 Å². The molecule has 0 amide bonds. The molecule has 2 heterocycles. The molecule has 5 atom stereocenters. The molecule has 33 heavy (non-hydrogen) atoms. The maximum Gasteiger partial charge on any atom is 0.155 e. The van der Waals surface area contributed by atoms with Crippen molar-refractivity contribution in [2.75, 3.05) is 6.61 Å². The molecule has 4 fully saturated rings. The monoisotopic (exact) mass is 464 g/mol. The first-order chi connectivity index (χ1) is 15.3. The van der Waals surface area contributed by atoms with Crippen LogP contribution in [0, 0.1) is 28.6 Å².